The van der Waals surface area contributed by atoms with Crippen molar-refractivity contribution >= 4 is 18.2 Å². The summed E-state index contributed by atoms with van der Waals surface area (Å²) in [6, 6.07) is 0. The average molecular weight is 197 g/mol. The summed E-state index contributed by atoms with van der Waals surface area (Å²) in [7, 11) is 0. The van der Waals surface area contributed by atoms with E-state index >= 15 is 0 Å². The highest BCUT2D eigenvalue weighted by Gasteiger charge is 2.30. The van der Waals surface area contributed by atoms with Gasteiger partial charge in [-0.1, -0.05) is 13.8 Å². The molecule has 0 bridgehead atoms. The second kappa shape index (κ2) is 3.25. The molecule has 0 spiro atoms. The first kappa shape index (κ1) is 10.4. The molecule has 0 saturated heterocycles. The Bertz CT molecular complexity index is 352. The monoisotopic (exact) mass is 197 g/mol. The predicted octanol–water partition coefficient (Wildman–Crippen LogP) is 0.910. The maximum atomic E-state index is 10.8. The highest BCUT2D eigenvalue weighted by molar-refractivity contribution is 6.01. The first-order valence-corrected chi connectivity index (χ1v) is 4.08. The van der Waals surface area contributed by atoms with Gasteiger partial charge in [0.25, 0.3) is 0 Å². The minimum absolute atomic E-state index is 0.134. The molecule has 0 unspecified atom stereocenters. The molecule has 1 aliphatic heterocycles. The van der Waals surface area contributed by atoms with Gasteiger partial charge < -0.3 is 10.2 Å². The number of aliphatic imine (C=N–C) groups is 1. The lowest BCUT2D eigenvalue weighted by Crippen LogP contribution is -2.24. The normalized spacial score (nSPS) is 19.6. The van der Waals surface area contributed by atoms with Crippen LogP contribution in [0.4, 0.5) is 0 Å². The Balaban J connectivity index is 3.17. The van der Waals surface area contributed by atoms with Crippen molar-refractivity contribution in [3.63, 3.8) is 0 Å². The number of carbonyl (C=O) groups is 2. The zero-order chi connectivity index (χ0) is 10.9. The van der Waals surface area contributed by atoms with E-state index in [2.05, 4.69) is 4.99 Å². The first-order valence-electron chi connectivity index (χ1n) is 4.08. The molecule has 0 fully saturated rings. The zero-order valence-corrected chi connectivity index (χ0v) is 7.94. The molecule has 14 heavy (non-hydrogen) atoms. The van der Waals surface area contributed by atoms with Gasteiger partial charge in [-0.2, -0.15) is 0 Å². The van der Waals surface area contributed by atoms with Crippen molar-refractivity contribution in [1.82, 2.24) is 0 Å². The van der Waals surface area contributed by atoms with Gasteiger partial charge in [0.05, 0.1) is 5.57 Å². The van der Waals surface area contributed by atoms with Gasteiger partial charge in [0.1, 0.15) is 0 Å². The van der Waals surface area contributed by atoms with Gasteiger partial charge in [0.2, 0.25) is 0 Å². The molecule has 0 aromatic carbocycles. The van der Waals surface area contributed by atoms with Gasteiger partial charge >= 0.3 is 11.9 Å². The van der Waals surface area contributed by atoms with Crippen molar-refractivity contribution in [1.29, 1.82) is 0 Å². The number of hydrogen-bond donors (Lipinski definition) is 2. The molecule has 0 atom stereocenters. The number of carboxylic acid groups (broad SMARTS) is 2. The van der Waals surface area contributed by atoms with Gasteiger partial charge in [0.15, 0.2) is 5.70 Å². The fraction of sp³-hybridized carbons (Fsp3) is 0.444. The molecule has 1 aliphatic rings. The van der Waals surface area contributed by atoms with Gasteiger partial charge in [-0.3, -0.25) is 4.99 Å². The molecule has 0 radical (unpaired) electrons. The lowest BCUT2D eigenvalue weighted by molar-refractivity contribution is -0.136. The molecule has 0 aromatic rings. The number of rotatable bonds is 2. The minimum atomic E-state index is -1.30. The molecule has 0 aromatic heterocycles. The molecule has 2 N–H and O–H groups in total. The van der Waals surface area contributed by atoms with Crippen LogP contribution in [0.1, 0.15) is 20.3 Å². The van der Waals surface area contributed by atoms with Gasteiger partial charge in [0, 0.05) is 11.6 Å². The second-order valence-electron chi connectivity index (χ2n) is 3.86. The molecule has 1 heterocycles. The molecule has 0 amide bonds. The number of carboxylic acids is 2. The van der Waals surface area contributed by atoms with E-state index in [0.717, 1.165) is 0 Å². The van der Waals surface area contributed by atoms with Crippen LogP contribution in [0.3, 0.4) is 0 Å². The summed E-state index contributed by atoms with van der Waals surface area (Å²) in [5.74, 6) is -2.51. The van der Waals surface area contributed by atoms with Gasteiger partial charge in [-0.15, -0.1) is 0 Å². The summed E-state index contributed by atoms with van der Waals surface area (Å²) < 4.78 is 0. The van der Waals surface area contributed by atoms with Crippen LogP contribution in [0, 0.1) is 5.41 Å². The quantitative estimate of drug-likeness (QED) is 0.688. The van der Waals surface area contributed by atoms with E-state index in [9.17, 15) is 9.59 Å². The fourth-order valence-electron chi connectivity index (χ4n) is 1.26. The molecule has 5 nitrogen and oxygen atoms in total. The van der Waals surface area contributed by atoms with E-state index in [-0.39, 0.29) is 17.7 Å². The van der Waals surface area contributed by atoms with E-state index in [0.29, 0.717) is 0 Å². The van der Waals surface area contributed by atoms with E-state index in [4.69, 9.17) is 10.2 Å². The average Bonchev–Trinajstić information content (AvgIpc) is 2.01. The SMILES string of the molecule is CC1(C)C=NC(C(=O)O)=C(C(=O)O)C1. The van der Waals surface area contributed by atoms with Crippen LogP contribution >= 0.6 is 0 Å². The van der Waals surface area contributed by atoms with Crippen LogP contribution in [0.15, 0.2) is 16.3 Å². The molecule has 5 heteroatoms. The summed E-state index contributed by atoms with van der Waals surface area (Å²) in [4.78, 5) is 25.1. The van der Waals surface area contributed by atoms with Crippen LogP contribution < -0.4 is 0 Å². The van der Waals surface area contributed by atoms with Crippen molar-refractivity contribution in [2.75, 3.05) is 0 Å². The molecule has 76 valence electrons. The van der Waals surface area contributed by atoms with Crippen LogP contribution in [-0.2, 0) is 9.59 Å². The van der Waals surface area contributed by atoms with Crippen molar-refractivity contribution in [3.05, 3.63) is 11.3 Å². The van der Waals surface area contributed by atoms with Crippen LogP contribution in [0.5, 0.6) is 0 Å². The van der Waals surface area contributed by atoms with Crippen LogP contribution in [-0.4, -0.2) is 28.4 Å². The lowest BCUT2D eigenvalue weighted by Gasteiger charge is -2.23. The molecular formula is C9H11NO4. The summed E-state index contributed by atoms with van der Waals surface area (Å²) in [6.45, 7) is 3.61. The molecule has 0 saturated carbocycles. The van der Waals surface area contributed by atoms with Crippen LogP contribution in [0.2, 0.25) is 0 Å². The number of hydrogen-bond acceptors (Lipinski definition) is 3. The summed E-state index contributed by atoms with van der Waals surface area (Å²) in [5.41, 5.74) is -0.894. The Kier molecular flexibility index (Phi) is 2.42. The van der Waals surface area contributed by atoms with Gasteiger partial charge in [-0.05, 0) is 6.42 Å². The highest BCUT2D eigenvalue weighted by Crippen LogP contribution is 2.30. The van der Waals surface area contributed by atoms with E-state index in [1.165, 1.54) is 6.21 Å². The smallest absolute Gasteiger partial charge is 0.355 e. The van der Waals surface area contributed by atoms with Crippen molar-refractivity contribution in [3.8, 4) is 0 Å². The van der Waals surface area contributed by atoms with E-state index in [1.807, 2.05) is 0 Å². The molecule has 1 rings (SSSR count). The van der Waals surface area contributed by atoms with Crippen molar-refractivity contribution in [2.24, 2.45) is 10.4 Å². The number of aliphatic carboxylic acids is 2. The number of nitrogens with zero attached hydrogens (tertiary/aromatic N) is 1. The Hall–Kier alpha value is -1.65. The largest absolute Gasteiger partial charge is 0.478 e. The maximum Gasteiger partial charge on any atom is 0.355 e. The zero-order valence-electron chi connectivity index (χ0n) is 7.94. The second-order valence-corrected chi connectivity index (χ2v) is 3.86. The minimum Gasteiger partial charge on any atom is -0.478 e. The Morgan fingerprint density at radius 3 is 2.36 bits per heavy atom. The third-order valence-electron chi connectivity index (χ3n) is 1.92. The topological polar surface area (TPSA) is 87.0 Å². The summed E-state index contributed by atoms with van der Waals surface area (Å²) in [6.07, 6.45) is 1.66. The fourth-order valence-corrected chi connectivity index (χ4v) is 1.26. The predicted molar refractivity (Wildman–Crippen MR) is 49.2 cm³/mol. The highest BCUT2D eigenvalue weighted by atomic mass is 16.4. The van der Waals surface area contributed by atoms with Crippen molar-refractivity contribution < 1.29 is 19.8 Å². The third kappa shape index (κ3) is 1.99. The Morgan fingerprint density at radius 2 is 1.93 bits per heavy atom. The summed E-state index contributed by atoms with van der Waals surface area (Å²) >= 11 is 0. The summed E-state index contributed by atoms with van der Waals surface area (Å²) in [5, 5.41) is 17.5. The third-order valence-corrected chi connectivity index (χ3v) is 1.92. The van der Waals surface area contributed by atoms with E-state index in [1.54, 1.807) is 13.8 Å². The molecular weight excluding hydrogens is 186 g/mol. The van der Waals surface area contributed by atoms with Crippen molar-refractivity contribution in [2.45, 2.75) is 20.3 Å². The van der Waals surface area contributed by atoms with Gasteiger partial charge in [-0.25, -0.2) is 9.59 Å². The Labute approximate surface area is 80.8 Å². The Morgan fingerprint density at radius 1 is 1.36 bits per heavy atom. The van der Waals surface area contributed by atoms with Crippen LogP contribution in [0.25, 0.3) is 0 Å². The molecule has 0 aliphatic carbocycles. The first-order chi connectivity index (χ1) is 6.33. The van der Waals surface area contributed by atoms with E-state index < -0.39 is 17.4 Å². The lowest BCUT2D eigenvalue weighted by atomic mass is 9.84. The maximum absolute atomic E-state index is 10.8. The standard InChI is InChI=1S/C9H11NO4/c1-9(2)3-5(7(11)12)6(8(13)14)10-4-9/h4H,3H2,1-2H3,(H,11,12)(H,13,14).